The number of halogens is 3. The van der Waals surface area contributed by atoms with Gasteiger partial charge in [0.15, 0.2) is 0 Å². The maximum atomic E-state index is 13.7. The molecule has 3 N–H and O–H groups in total. The van der Waals surface area contributed by atoms with Crippen LogP contribution in [0.2, 0.25) is 0 Å². The number of alkyl halides is 3. The van der Waals surface area contributed by atoms with Crippen molar-refractivity contribution >= 4 is 23.4 Å². The summed E-state index contributed by atoms with van der Waals surface area (Å²) >= 11 is 0. The fraction of sp³-hybridized carbons (Fsp3) is 0.423. The number of anilines is 1. The Morgan fingerprint density at radius 1 is 0.943 bits per heavy atom. The Labute approximate surface area is 203 Å². The van der Waals surface area contributed by atoms with Crippen molar-refractivity contribution in [3.63, 3.8) is 0 Å². The standard InChI is InChI=1S/C26H32F3N3O3/c1-5-18-11-9-10-12-19(18)15-21(22(33)31-20-13-7-6-8-14-20)32(24(35)26(27,28)29)23(34)25(4,30)16-17(2)3/h6-14,17,21H,5,15-16,30H2,1-4H3,(H,31,33)/t21-,25-/m0/s1. The molecule has 0 saturated carbocycles. The number of amides is 3. The molecule has 0 aliphatic rings. The lowest BCUT2D eigenvalue weighted by Gasteiger charge is -2.36. The van der Waals surface area contributed by atoms with Crippen molar-refractivity contribution in [2.75, 3.05) is 5.32 Å². The largest absolute Gasteiger partial charge is 0.471 e. The van der Waals surface area contributed by atoms with Crippen LogP contribution in [0.4, 0.5) is 18.9 Å². The normalized spacial score (nSPS) is 14.2. The van der Waals surface area contributed by atoms with Gasteiger partial charge in [-0.15, -0.1) is 0 Å². The molecule has 2 aromatic carbocycles. The molecule has 0 bridgehead atoms. The molecule has 2 rings (SSSR count). The van der Waals surface area contributed by atoms with E-state index in [1.807, 2.05) is 6.92 Å². The van der Waals surface area contributed by atoms with Crippen LogP contribution in [0.1, 0.15) is 45.2 Å². The first-order chi connectivity index (χ1) is 16.3. The number of imide groups is 1. The van der Waals surface area contributed by atoms with Crippen molar-refractivity contribution in [2.24, 2.45) is 11.7 Å². The van der Waals surface area contributed by atoms with Gasteiger partial charge in [-0.1, -0.05) is 63.2 Å². The predicted molar refractivity (Wildman–Crippen MR) is 128 cm³/mol. The number of hydrogen-bond donors (Lipinski definition) is 2. The number of rotatable bonds is 9. The molecule has 0 aliphatic heterocycles. The quantitative estimate of drug-likeness (QED) is 0.541. The Hall–Kier alpha value is -3.20. The van der Waals surface area contributed by atoms with Crippen LogP contribution in [0.15, 0.2) is 54.6 Å². The molecule has 2 aromatic rings. The Bertz CT molecular complexity index is 1040. The highest BCUT2D eigenvalue weighted by atomic mass is 19.4. The fourth-order valence-electron chi connectivity index (χ4n) is 4.08. The van der Waals surface area contributed by atoms with Gasteiger partial charge in [0, 0.05) is 12.1 Å². The van der Waals surface area contributed by atoms with Crippen LogP contribution in [-0.4, -0.2) is 40.4 Å². The number of para-hydroxylation sites is 1. The molecule has 9 heteroatoms. The third-order valence-corrected chi connectivity index (χ3v) is 5.57. The minimum atomic E-state index is -5.39. The van der Waals surface area contributed by atoms with Crippen LogP contribution in [0.5, 0.6) is 0 Å². The molecule has 0 heterocycles. The second kappa shape index (κ2) is 11.5. The van der Waals surface area contributed by atoms with Gasteiger partial charge in [0.25, 0.3) is 0 Å². The number of carbonyl (C=O) groups excluding carboxylic acids is 3. The highest BCUT2D eigenvalue weighted by Gasteiger charge is 2.52. The zero-order valence-corrected chi connectivity index (χ0v) is 20.4. The molecule has 0 unspecified atom stereocenters. The van der Waals surface area contributed by atoms with Gasteiger partial charge in [0.05, 0.1) is 5.54 Å². The summed E-state index contributed by atoms with van der Waals surface area (Å²) in [5, 5.41) is 2.54. The molecule has 6 nitrogen and oxygen atoms in total. The van der Waals surface area contributed by atoms with Crippen molar-refractivity contribution < 1.29 is 27.6 Å². The summed E-state index contributed by atoms with van der Waals surface area (Å²) in [7, 11) is 0. The highest BCUT2D eigenvalue weighted by molar-refractivity contribution is 6.07. The maximum Gasteiger partial charge on any atom is 0.471 e. The number of hydrogen-bond acceptors (Lipinski definition) is 4. The first-order valence-electron chi connectivity index (χ1n) is 11.4. The summed E-state index contributed by atoms with van der Waals surface area (Å²) in [5.74, 6) is -4.75. The molecule has 0 saturated heterocycles. The Morgan fingerprint density at radius 2 is 1.49 bits per heavy atom. The number of benzene rings is 2. The molecule has 0 spiro atoms. The van der Waals surface area contributed by atoms with Crippen LogP contribution >= 0.6 is 0 Å². The van der Waals surface area contributed by atoms with E-state index in [0.717, 1.165) is 5.56 Å². The van der Waals surface area contributed by atoms with E-state index < -0.39 is 35.5 Å². The van der Waals surface area contributed by atoms with E-state index in [2.05, 4.69) is 5.32 Å². The van der Waals surface area contributed by atoms with Gasteiger partial charge < -0.3 is 11.1 Å². The summed E-state index contributed by atoms with van der Waals surface area (Å²) in [5.41, 5.74) is 6.00. The maximum absolute atomic E-state index is 13.7. The van der Waals surface area contributed by atoms with Gasteiger partial charge >= 0.3 is 12.1 Å². The van der Waals surface area contributed by atoms with Crippen molar-refractivity contribution in [3.05, 3.63) is 65.7 Å². The third-order valence-electron chi connectivity index (χ3n) is 5.57. The molecular weight excluding hydrogens is 459 g/mol. The smallest absolute Gasteiger partial charge is 0.324 e. The van der Waals surface area contributed by atoms with E-state index in [1.165, 1.54) is 6.92 Å². The summed E-state index contributed by atoms with van der Waals surface area (Å²) in [6.07, 6.45) is -5.12. The lowest BCUT2D eigenvalue weighted by molar-refractivity contribution is -0.191. The fourth-order valence-corrected chi connectivity index (χ4v) is 4.08. The van der Waals surface area contributed by atoms with E-state index in [0.29, 0.717) is 17.7 Å². The SMILES string of the molecule is CCc1ccccc1C[C@@H](C(=O)Nc1ccccc1)N(C(=O)C(F)(F)F)C(=O)[C@@](C)(N)CC(C)C. The van der Waals surface area contributed by atoms with E-state index in [1.54, 1.807) is 68.4 Å². The summed E-state index contributed by atoms with van der Waals surface area (Å²) in [6.45, 7) is 6.65. The van der Waals surface area contributed by atoms with E-state index in [4.69, 9.17) is 5.73 Å². The van der Waals surface area contributed by atoms with E-state index in [-0.39, 0.29) is 23.7 Å². The molecule has 0 aromatic heterocycles. The lowest BCUT2D eigenvalue weighted by atomic mass is 9.89. The third kappa shape index (κ3) is 7.39. The first kappa shape index (κ1) is 28.0. The zero-order chi connectivity index (χ0) is 26.4. The molecule has 190 valence electrons. The highest BCUT2D eigenvalue weighted by Crippen LogP contribution is 2.27. The van der Waals surface area contributed by atoms with Crippen molar-refractivity contribution in [1.82, 2.24) is 4.90 Å². The number of nitrogens with two attached hydrogens (primary N) is 1. The average Bonchev–Trinajstić information content (AvgIpc) is 2.77. The van der Waals surface area contributed by atoms with E-state index in [9.17, 15) is 27.6 Å². The van der Waals surface area contributed by atoms with Gasteiger partial charge in [-0.2, -0.15) is 13.2 Å². The molecule has 0 aliphatic carbocycles. The topological polar surface area (TPSA) is 92.5 Å². The monoisotopic (exact) mass is 491 g/mol. The second-order valence-corrected chi connectivity index (χ2v) is 9.19. The molecule has 3 amide bonds. The zero-order valence-electron chi connectivity index (χ0n) is 20.4. The van der Waals surface area contributed by atoms with E-state index >= 15 is 0 Å². The van der Waals surface area contributed by atoms with Crippen LogP contribution < -0.4 is 11.1 Å². The average molecular weight is 492 g/mol. The van der Waals surface area contributed by atoms with Crippen molar-refractivity contribution in [1.29, 1.82) is 0 Å². The Balaban J connectivity index is 2.63. The molecule has 2 atom stereocenters. The minimum Gasteiger partial charge on any atom is -0.324 e. The van der Waals surface area contributed by atoms with Crippen molar-refractivity contribution in [3.8, 4) is 0 Å². The predicted octanol–water partition coefficient (Wildman–Crippen LogP) is 4.48. The Morgan fingerprint density at radius 3 is 2.00 bits per heavy atom. The van der Waals surface area contributed by atoms with Gasteiger partial charge in [-0.3, -0.25) is 19.3 Å². The van der Waals surface area contributed by atoms with Gasteiger partial charge in [-0.25, -0.2) is 0 Å². The first-order valence-corrected chi connectivity index (χ1v) is 11.4. The number of nitrogens with one attached hydrogen (secondary N) is 1. The number of nitrogens with zero attached hydrogens (tertiary/aromatic N) is 1. The summed E-state index contributed by atoms with van der Waals surface area (Å²) < 4.78 is 41.2. The molecule has 35 heavy (non-hydrogen) atoms. The molecular formula is C26H32F3N3O3. The van der Waals surface area contributed by atoms with Crippen molar-refractivity contribution in [2.45, 2.75) is 64.7 Å². The van der Waals surface area contributed by atoms with Crippen LogP contribution in [0, 0.1) is 5.92 Å². The Kier molecular flexibility index (Phi) is 9.20. The lowest BCUT2D eigenvalue weighted by Crippen LogP contribution is -2.63. The van der Waals surface area contributed by atoms with Gasteiger partial charge in [0.1, 0.15) is 6.04 Å². The van der Waals surface area contributed by atoms with Crippen LogP contribution in [0.3, 0.4) is 0 Å². The van der Waals surface area contributed by atoms with Crippen LogP contribution in [-0.2, 0) is 27.2 Å². The summed E-state index contributed by atoms with van der Waals surface area (Å²) in [4.78, 5) is 39.4. The minimum absolute atomic E-state index is 0.00704. The molecule has 0 radical (unpaired) electrons. The van der Waals surface area contributed by atoms with Gasteiger partial charge in [-0.05, 0) is 48.9 Å². The second-order valence-electron chi connectivity index (χ2n) is 9.19. The number of carbonyl (C=O) groups is 3. The molecule has 0 fully saturated rings. The van der Waals surface area contributed by atoms with Crippen LogP contribution in [0.25, 0.3) is 0 Å². The number of aryl methyl sites for hydroxylation is 1. The summed E-state index contributed by atoms with van der Waals surface area (Å²) in [6, 6.07) is 13.2. The van der Waals surface area contributed by atoms with Gasteiger partial charge in [0.2, 0.25) is 11.8 Å².